The molecular formula is C24H22N4O3. The summed E-state index contributed by atoms with van der Waals surface area (Å²) in [5, 5.41) is 2.84. The van der Waals surface area contributed by atoms with Gasteiger partial charge in [0.1, 0.15) is 11.3 Å². The molecule has 2 aromatic carbocycles. The molecule has 0 bridgehead atoms. The Morgan fingerprint density at radius 1 is 1.03 bits per heavy atom. The van der Waals surface area contributed by atoms with Crippen LogP contribution in [0.1, 0.15) is 34.1 Å². The van der Waals surface area contributed by atoms with E-state index in [2.05, 4.69) is 21.8 Å². The predicted molar refractivity (Wildman–Crippen MR) is 119 cm³/mol. The SMILES string of the molecule is CCCn1c(-c2cccc(C(=O)Nc3cccc(C(=O)OC)c3)c2)nc2cccnc21. The van der Waals surface area contributed by atoms with E-state index >= 15 is 0 Å². The molecule has 7 heteroatoms. The Morgan fingerprint density at radius 2 is 1.84 bits per heavy atom. The number of ether oxygens (including phenoxy) is 1. The van der Waals surface area contributed by atoms with Gasteiger partial charge in [0, 0.05) is 29.6 Å². The van der Waals surface area contributed by atoms with Crippen molar-refractivity contribution in [3.63, 3.8) is 0 Å². The summed E-state index contributed by atoms with van der Waals surface area (Å²) in [7, 11) is 1.32. The highest BCUT2D eigenvalue weighted by Gasteiger charge is 2.15. The van der Waals surface area contributed by atoms with Gasteiger partial charge in [-0.15, -0.1) is 0 Å². The van der Waals surface area contributed by atoms with Crippen molar-refractivity contribution in [1.29, 1.82) is 0 Å². The molecule has 4 rings (SSSR count). The lowest BCUT2D eigenvalue weighted by atomic mass is 10.1. The minimum Gasteiger partial charge on any atom is -0.465 e. The molecule has 2 aromatic heterocycles. The van der Waals surface area contributed by atoms with E-state index in [0.717, 1.165) is 35.5 Å². The Kier molecular flexibility index (Phi) is 5.75. The monoisotopic (exact) mass is 414 g/mol. The minimum absolute atomic E-state index is 0.278. The first kappa shape index (κ1) is 20.3. The van der Waals surface area contributed by atoms with E-state index in [-0.39, 0.29) is 5.91 Å². The van der Waals surface area contributed by atoms with E-state index in [1.807, 2.05) is 30.3 Å². The maximum absolute atomic E-state index is 12.9. The molecule has 1 N–H and O–H groups in total. The van der Waals surface area contributed by atoms with Crippen molar-refractivity contribution in [2.45, 2.75) is 19.9 Å². The first-order valence-electron chi connectivity index (χ1n) is 10.0. The first-order valence-corrected chi connectivity index (χ1v) is 10.0. The molecule has 0 unspecified atom stereocenters. The number of nitrogens with zero attached hydrogens (tertiary/aromatic N) is 3. The third-order valence-electron chi connectivity index (χ3n) is 4.88. The number of fused-ring (bicyclic) bond motifs is 1. The summed E-state index contributed by atoms with van der Waals surface area (Å²) in [6.45, 7) is 2.88. The molecular weight excluding hydrogens is 392 g/mol. The van der Waals surface area contributed by atoms with Crippen LogP contribution in [-0.2, 0) is 11.3 Å². The summed E-state index contributed by atoms with van der Waals surface area (Å²) >= 11 is 0. The Labute approximate surface area is 179 Å². The number of rotatable bonds is 6. The number of hydrogen-bond donors (Lipinski definition) is 1. The standard InChI is InChI=1S/C24H22N4O3/c1-3-13-28-21(27-20-11-6-12-25-22(20)28)16-7-4-8-17(14-16)23(29)26-19-10-5-9-18(15-19)24(30)31-2/h4-12,14-15H,3,13H2,1-2H3,(H,26,29). The zero-order valence-electron chi connectivity index (χ0n) is 17.3. The second-order valence-corrected chi connectivity index (χ2v) is 7.04. The number of carbonyl (C=O) groups excluding carboxylic acids is 2. The quantitative estimate of drug-likeness (QED) is 0.468. The highest BCUT2D eigenvalue weighted by atomic mass is 16.5. The van der Waals surface area contributed by atoms with Crippen molar-refractivity contribution >= 4 is 28.7 Å². The van der Waals surface area contributed by atoms with E-state index in [0.29, 0.717) is 16.8 Å². The van der Waals surface area contributed by atoms with Crippen LogP contribution in [0, 0.1) is 0 Å². The number of hydrogen-bond acceptors (Lipinski definition) is 5. The van der Waals surface area contributed by atoms with Crippen LogP contribution in [0.5, 0.6) is 0 Å². The largest absolute Gasteiger partial charge is 0.465 e. The van der Waals surface area contributed by atoms with E-state index < -0.39 is 5.97 Å². The van der Waals surface area contributed by atoms with Gasteiger partial charge in [-0.3, -0.25) is 4.79 Å². The summed E-state index contributed by atoms with van der Waals surface area (Å²) in [5.74, 6) is 0.0413. The molecule has 0 aliphatic carbocycles. The zero-order chi connectivity index (χ0) is 21.8. The van der Waals surface area contributed by atoms with E-state index in [1.165, 1.54) is 7.11 Å². The van der Waals surface area contributed by atoms with Crippen LogP contribution in [0.2, 0.25) is 0 Å². The molecule has 1 amide bonds. The van der Waals surface area contributed by atoms with E-state index in [9.17, 15) is 9.59 Å². The van der Waals surface area contributed by atoms with Gasteiger partial charge in [-0.05, 0) is 48.9 Å². The van der Waals surface area contributed by atoms with Crippen molar-refractivity contribution in [3.8, 4) is 11.4 Å². The van der Waals surface area contributed by atoms with Gasteiger partial charge in [0.2, 0.25) is 0 Å². The lowest BCUT2D eigenvalue weighted by Crippen LogP contribution is -2.13. The van der Waals surface area contributed by atoms with Gasteiger partial charge in [0.25, 0.3) is 5.91 Å². The molecule has 156 valence electrons. The highest BCUT2D eigenvalue weighted by Crippen LogP contribution is 2.25. The number of imidazole rings is 1. The summed E-state index contributed by atoms with van der Waals surface area (Å²) in [5.41, 5.74) is 3.86. The molecule has 0 spiro atoms. The van der Waals surface area contributed by atoms with Crippen LogP contribution in [0.15, 0.2) is 66.9 Å². The number of benzene rings is 2. The molecule has 0 atom stereocenters. The smallest absolute Gasteiger partial charge is 0.337 e. The van der Waals surface area contributed by atoms with Crippen LogP contribution in [0.4, 0.5) is 5.69 Å². The number of methoxy groups -OCH3 is 1. The number of esters is 1. The number of amides is 1. The molecule has 0 saturated heterocycles. The molecule has 0 aliphatic rings. The molecule has 0 aliphatic heterocycles. The normalized spacial score (nSPS) is 10.8. The number of aromatic nitrogens is 3. The Balaban J connectivity index is 1.65. The van der Waals surface area contributed by atoms with Crippen molar-refractivity contribution in [1.82, 2.24) is 14.5 Å². The number of carbonyl (C=O) groups is 2. The van der Waals surface area contributed by atoms with Gasteiger partial charge in [0.05, 0.1) is 12.7 Å². The summed E-state index contributed by atoms with van der Waals surface area (Å²) in [4.78, 5) is 33.8. The third kappa shape index (κ3) is 4.16. The summed E-state index contributed by atoms with van der Waals surface area (Å²) < 4.78 is 6.81. The fourth-order valence-electron chi connectivity index (χ4n) is 3.46. The van der Waals surface area contributed by atoms with Crippen molar-refractivity contribution in [3.05, 3.63) is 78.0 Å². The molecule has 7 nitrogen and oxygen atoms in total. The van der Waals surface area contributed by atoms with E-state index in [4.69, 9.17) is 9.72 Å². The van der Waals surface area contributed by atoms with Crippen LogP contribution < -0.4 is 5.32 Å². The van der Waals surface area contributed by atoms with Gasteiger partial charge in [-0.25, -0.2) is 14.8 Å². The predicted octanol–water partition coefficient (Wildman–Crippen LogP) is 4.55. The Bertz CT molecular complexity index is 1260. The van der Waals surface area contributed by atoms with Gasteiger partial charge in [0.15, 0.2) is 5.65 Å². The Hall–Kier alpha value is -4.00. The maximum Gasteiger partial charge on any atom is 0.337 e. The summed E-state index contributed by atoms with van der Waals surface area (Å²) in [6.07, 6.45) is 2.69. The maximum atomic E-state index is 12.9. The van der Waals surface area contributed by atoms with Crippen molar-refractivity contribution < 1.29 is 14.3 Å². The third-order valence-corrected chi connectivity index (χ3v) is 4.88. The fraction of sp³-hybridized carbons (Fsp3) is 0.167. The highest BCUT2D eigenvalue weighted by molar-refractivity contribution is 6.05. The van der Waals surface area contributed by atoms with Crippen LogP contribution >= 0.6 is 0 Å². The number of aryl methyl sites for hydroxylation is 1. The minimum atomic E-state index is -0.457. The van der Waals surface area contributed by atoms with Crippen molar-refractivity contribution in [2.75, 3.05) is 12.4 Å². The number of nitrogens with one attached hydrogen (secondary N) is 1. The topological polar surface area (TPSA) is 86.1 Å². The first-order chi connectivity index (χ1) is 15.1. The molecule has 31 heavy (non-hydrogen) atoms. The van der Waals surface area contributed by atoms with Gasteiger partial charge < -0.3 is 14.6 Å². The fourth-order valence-corrected chi connectivity index (χ4v) is 3.46. The molecule has 0 radical (unpaired) electrons. The van der Waals surface area contributed by atoms with Crippen LogP contribution in [0.25, 0.3) is 22.6 Å². The number of pyridine rings is 1. The second kappa shape index (κ2) is 8.79. The molecule has 4 aromatic rings. The lowest BCUT2D eigenvalue weighted by molar-refractivity contribution is 0.0600. The lowest BCUT2D eigenvalue weighted by Gasteiger charge is -2.10. The van der Waals surface area contributed by atoms with Crippen LogP contribution in [-0.4, -0.2) is 33.5 Å². The summed E-state index contributed by atoms with van der Waals surface area (Å²) in [6, 6.07) is 17.7. The number of anilines is 1. The van der Waals surface area contributed by atoms with Gasteiger partial charge >= 0.3 is 5.97 Å². The Morgan fingerprint density at radius 3 is 2.65 bits per heavy atom. The second-order valence-electron chi connectivity index (χ2n) is 7.04. The average Bonchev–Trinajstić information content (AvgIpc) is 3.17. The molecule has 2 heterocycles. The molecule has 0 saturated carbocycles. The zero-order valence-corrected chi connectivity index (χ0v) is 17.3. The molecule has 0 fully saturated rings. The van der Waals surface area contributed by atoms with Crippen LogP contribution in [0.3, 0.4) is 0 Å². The van der Waals surface area contributed by atoms with Gasteiger partial charge in [-0.2, -0.15) is 0 Å². The van der Waals surface area contributed by atoms with Crippen molar-refractivity contribution in [2.24, 2.45) is 0 Å². The van der Waals surface area contributed by atoms with Gasteiger partial charge in [-0.1, -0.05) is 25.1 Å². The average molecular weight is 414 g/mol. The van der Waals surface area contributed by atoms with E-state index in [1.54, 1.807) is 36.5 Å².